The molecule has 0 aliphatic heterocycles. The van der Waals surface area contributed by atoms with Gasteiger partial charge in [-0.1, -0.05) is 48.5 Å². The molecule has 0 atom stereocenters. The maximum Gasteiger partial charge on any atom is 0.134 e. The molecule has 3 aromatic carbocycles. The van der Waals surface area contributed by atoms with Gasteiger partial charge in [0.05, 0.1) is 5.70 Å². The van der Waals surface area contributed by atoms with E-state index in [9.17, 15) is 0 Å². The van der Waals surface area contributed by atoms with E-state index in [4.69, 9.17) is 16.7 Å². The third kappa shape index (κ3) is 3.46. The maximum atomic E-state index is 8.89. The summed E-state index contributed by atoms with van der Waals surface area (Å²) in [5, 5.41) is 8.89. The molecule has 0 spiro atoms. The fourth-order valence-corrected chi connectivity index (χ4v) is 2.61. The minimum atomic E-state index is 0.0238. The van der Waals surface area contributed by atoms with Crippen LogP contribution in [-0.4, -0.2) is 0 Å². The normalized spacial score (nSPS) is 11.3. The highest BCUT2D eigenvalue weighted by molar-refractivity contribution is 5.78. The third-order valence-corrected chi connectivity index (χ3v) is 3.88. The Labute approximate surface area is 147 Å². The van der Waals surface area contributed by atoms with Crippen molar-refractivity contribution in [3.8, 4) is 6.07 Å². The number of rotatable bonds is 4. The van der Waals surface area contributed by atoms with Crippen molar-refractivity contribution < 1.29 is 0 Å². The summed E-state index contributed by atoms with van der Waals surface area (Å²) in [6, 6.07) is 29.8. The zero-order valence-electron chi connectivity index (χ0n) is 13.6. The lowest BCUT2D eigenvalue weighted by molar-refractivity contribution is 1.28. The van der Waals surface area contributed by atoms with Gasteiger partial charge in [-0.05, 0) is 36.4 Å². The summed E-state index contributed by atoms with van der Waals surface area (Å²) < 4.78 is 0. The Morgan fingerprint density at radius 1 is 0.680 bits per heavy atom. The minimum Gasteiger partial charge on any atom is -0.396 e. The van der Waals surface area contributed by atoms with Gasteiger partial charge in [-0.25, -0.2) is 0 Å². The highest BCUT2D eigenvalue weighted by Gasteiger charge is 2.12. The summed E-state index contributed by atoms with van der Waals surface area (Å²) in [7, 11) is 0. The number of para-hydroxylation sites is 2. The van der Waals surface area contributed by atoms with Crippen LogP contribution in [0.1, 0.15) is 5.56 Å². The Morgan fingerprint density at radius 3 is 1.56 bits per heavy atom. The predicted octanol–water partition coefficient (Wildman–Crippen LogP) is 4.27. The zero-order chi connectivity index (χ0) is 17.6. The minimum absolute atomic E-state index is 0.0238. The largest absolute Gasteiger partial charge is 0.396 e. The molecular formula is C21H18N4. The van der Waals surface area contributed by atoms with E-state index in [1.165, 1.54) is 0 Å². The van der Waals surface area contributed by atoms with Crippen LogP contribution < -0.4 is 16.4 Å². The molecule has 0 aliphatic rings. The van der Waals surface area contributed by atoms with E-state index < -0.39 is 0 Å². The molecule has 25 heavy (non-hydrogen) atoms. The van der Waals surface area contributed by atoms with Crippen LogP contribution in [0.4, 0.5) is 17.1 Å². The van der Waals surface area contributed by atoms with Crippen LogP contribution in [-0.2, 0) is 0 Å². The molecule has 4 nitrogen and oxygen atoms in total. The molecule has 4 N–H and O–H groups in total. The summed E-state index contributed by atoms with van der Waals surface area (Å²) in [6.45, 7) is 0. The number of hydrogen-bond acceptors (Lipinski definition) is 4. The lowest BCUT2D eigenvalue weighted by Gasteiger charge is -2.25. The Bertz CT molecular complexity index is 868. The summed E-state index contributed by atoms with van der Waals surface area (Å²) in [6.07, 6.45) is 0. The summed E-state index contributed by atoms with van der Waals surface area (Å²) >= 11 is 0. The average Bonchev–Trinajstić information content (AvgIpc) is 2.69. The molecule has 3 rings (SSSR count). The third-order valence-electron chi connectivity index (χ3n) is 3.88. The second-order valence-corrected chi connectivity index (χ2v) is 5.49. The maximum absolute atomic E-state index is 8.89. The smallest absolute Gasteiger partial charge is 0.134 e. The molecule has 3 aromatic rings. The van der Waals surface area contributed by atoms with Crippen LogP contribution in [0.2, 0.25) is 0 Å². The summed E-state index contributed by atoms with van der Waals surface area (Å²) in [4.78, 5) is 2.15. The van der Waals surface area contributed by atoms with Gasteiger partial charge in [0.2, 0.25) is 0 Å². The second kappa shape index (κ2) is 7.24. The average molecular weight is 326 g/mol. The van der Waals surface area contributed by atoms with E-state index in [0.29, 0.717) is 5.70 Å². The molecule has 0 unspecified atom stereocenters. The van der Waals surface area contributed by atoms with Crippen molar-refractivity contribution in [3.63, 3.8) is 0 Å². The SMILES string of the molecule is N#C/C(N)=C(/N)c1ccc(N(c2ccccc2)c2ccccc2)cc1. The van der Waals surface area contributed by atoms with Gasteiger partial charge >= 0.3 is 0 Å². The van der Waals surface area contributed by atoms with Crippen LogP contribution in [0, 0.1) is 11.3 Å². The molecule has 4 heteroatoms. The first-order valence-corrected chi connectivity index (χ1v) is 7.86. The van der Waals surface area contributed by atoms with Gasteiger partial charge in [0.15, 0.2) is 0 Å². The first kappa shape index (κ1) is 16.2. The predicted molar refractivity (Wildman–Crippen MR) is 102 cm³/mol. The number of hydrogen-bond donors (Lipinski definition) is 2. The van der Waals surface area contributed by atoms with Crippen molar-refractivity contribution >= 4 is 22.8 Å². The first-order valence-electron chi connectivity index (χ1n) is 7.86. The van der Waals surface area contributed by atoms with Crippen molar-refractivity contribution in [2.45, 2.75) is 0 Å². The van der Waals surface area contributed by atoms with E-state index in [2.05, 4.69) is 29.2 Å². The highest BCUT2D eigenvalue weighted by Crippen LogP contribution is 2.34. The van der Waals surface area contributed by atoms with Crippen molar-refractivity contribution in [2.75, 3.05) is 4.90 Å². The Kier molecular flexibility index (Phi) is 4.68. The molecule has 122 valence electrons. The standard InChI is InChI=1S/C21H18N4/c22-15-20(23)21(24)16-11-13-19(14-12-16)25(17-7-3-1-4-8-17)18-9-5-2-6-10-18/h1-14H,23-24H2/b21-20-. The fraction of sp³-hybridized carbons (Fsp3) is 0. The summed E-state index contributed by atoms with van der Waals surface area (Å²) in [5.74, 6) is 0. The molecule has 0 heterocycles. The van der Waals surface area contributed by atoms with Gasteiger partial charge in [0.1, 0.15) is 11.8 Å². The van der Waals surface area contributed by atoms with Crippen LogP contribution in [0.3, 0.4) is 0 Å². The van der Waals surface area contributed by atoms with Crippen LogP contribution in [0.5, 0.6) is 0 Å². The Hall–Kier alpha value is -3.71. The van der Waals surface area contributed by atoms with Gasteiger partial charge in [-0.3, -0.25) is 0 Å². The van der Waals surface area contributed by atoms with Crippen LogP contribution in [0.25, 0.3) is 5.70 Å². The van der Waals surface area contributed by atoms with E-state index >= 15 is 0 Å². The molecule has 0 amide bonds. The number of nitrogens with zero attached hydrogens (tertiary/aromatic N) is 2. The van der Waals surface area contributed by atoms with E-state index in [1.54, 1.807) is 0 Å². The number of benzene rings is 3. The summed E-state index contributed by atoms with van der Waals surface area (Å²) in [5.41, 5.74) is 15.7. The van der Waals surface area contributed by atoms with E-state index in [-0.39, 0.29) is 5.70 Å². The highest BCUT2D eigenvalue weighted by atomic mass is 15.1. The molecule has 0 aliphatic carbocycles. The first-order chi connectivity index (χ1) is 12.2. The van der Waals surface area contributed by atoms with Crippen molar-refractivity contribution in [3.05, 3.63) is 96.2 Å². The quantitative estimate of drug-likeness (QED) is 0.702. The lowest BCUT2D eigenvalue weighted by Crippen LogP contribution is -2.10. The van der Waals surface area contributed by atoms with Crippen molar-refractivity contribution in [2.24, 2.45) is 11.5 Å². The lowest BCUT2D eigenvalue weighted by atomic mass is 10.1. The molecule has 0 aromatic heterocycles. The van der Waals surface area contributed by atoms with Crippen LogP contribution in [0.15, 0.2) is 90.6 Å². The fourth-order valence-electron chi connectivity index (χ4n) is 2.61. The molecule has 0 fully saturated rings. The number of anilines is 3. The molecule has 0 bridgehead atoms. The van der Waals surface area contributed by atoms with Gasteiger partial charge in [0, 0.05) is 22.6 Å². The van der Waals surface area contributed by atoms with E-state index in [0.717, 1.165) is 22.6 Å². The topological polar surface area (TPSA) is 79.1 Å². The van der Waals surface area contributed by atoms with Gasteiger partial charge in [-0.15, -0.1) is 0 Å². The zero-order valence-corrected chi connectivity index (χ0v) is 13.6. The monoisotopic (exact) mass is 326 g/mol. The molecule has 0 saturated carbocycles. The molecule has 0 radical (unpaired) electrons. The van der Waals surface area contributed by atoms with Gasteiger partial charge in [-0.2, -0.15) is 5.26 Å². The van der Waals surface area contributed by atoms with Crippen molar-refractivity contribution in [1.29, 1.82) is 5.26 Å². The van der Waals surface area contributed by atoms with Crippen LogP contribution >= 0.6 is 0 Å². The van der Waals surface area contributed by atoms with Crippen molar-refractivity contribution in [1.82, 2.24) is 0 Å². The van der Waals surface area contributed by atoms with E-state index in [1.807, 2.05) is 66.7 Å². The van der Waals surface area contributed by atoms with Gasteiger partial charge < -0.3 is 16.4 Å². The number of nitrogens with two attached hydrogens (primary N) is 2. The Balaban J connectivity index is 2.05. The Morgan fingerprint density at radius 2 is 1.12 bits per heavy atom. The van der Waals surface area contributed by atoms with Gasteiger partial charge in [0.25, 0.3) is 0 Å². The molecule has 0 saturated heterocycles. The number of allylic oxidation sites excluding steroid dienone is 1. The molecular weight excluding hydrogens is 308 g/mol. The number of nitriles is 1. The second-order valence-electron chi connectivity index (χ2n) is 5.49.